The van der Waals surface area contributed by atoms with Gasteiger partial charge in [-0.2, -0.15) is 0 Å². The number of rotatable bonds is 9. The molecule has 0 radical (unpaired) electrons. The van der Waals surface area contributed by atoms with Crippen molar-refractivity contribution >= 4 is 11.5 Å². The third-order valence-corrected chi connectivity index (χ3v) is 3.30. The van der Waals surface area contributed by atoms with Crippen molar-refractivity contribution < 1.29 is 14.6 Å². The Morgan fingerprint density at radius 2 is 1.90 bits per heavy atom. The number of ether oxygens (including phenoxy) is 1. The Labute approximate surface area is 127 Å². The largest absolute Gasteiger partial charge is 0.497 e. The van der Waals surface area contributed by atoms with Gasteiger partial charge in [0.15, 0.2) is 0 Å². The number of benzene rings is 1. The molecule has 1 aromatic rings. The molecule has 0 amide bonds. The fourth-order valence-electron chi connectivity index (χ4n) is 2.12. The topological polar surface area (TPSA) is 46.5 Å². The highest BCUT2D eigenvalue weighted by Gasteiger charge is 2.02. The molecule has 3 heteroatoms. The Balaban J connectivity index is 2.80. The highest BCUT2D eigenvalue weighted by molar-refractivity contribution is 5.81. The van der Waals surface area contributed by atoms with Crippen molar-refractivity contribution in [3.8, 4) is 5.75 Å². The van der Waals surface area contributed by atoms with Crippen molar-refractivity contribution in [2.45, 2.75) is 39.0 Å². The number of hydrogen-bond acceptors (Lipinski definition) is 2. The summed E-state index contributed by atoms with van der Waals surface area (Å²) in [5.41, 5.74) is 2.27. The zero-order chi connectivity index (χ0) is 15.5. The van der Waals surface area contributed by atoms with E-state index in [0.717, 1.165) is 35.8 Å². The number of hydrogen-bond donors (Lipinski definition) is 1. The second kappa shape index (κ2) is 9.81. The van der Waals surface area contributed by atoms with E-state index in [1.807, 2.05) is 30.3 Å². The summed E-state index contributed by atoms with van der Waals surface area (Å²) in [4.78, 5) is 10.6. The lowest BCUT2D eigenvalue weighted by Gasteiger charge is -2.08. The van der Waals surface area contributed by atoms with Gasteiger partial charge in [0.05, 0.1) is 7.11 Å². The number of allylic oxidation sites excluding steroid dienone is 3. The van der Waals surface area contributed by atoms with Crippen LogP contribution in [0.15, 0.2) is 42.5 Å². The summed E-state index contributed by atoms with van der Waals surface area (Å²) in [6, 6.07) is 7.88. The van der Waals surface area contributed by atoms with Gasteiger partial charge in [0.25, 0.3) is 0 Å². The molecule has 0 aliphatic carbocycles. The van der Waals surface area contributed by atoms with E-state index >= 15 is 0 Å². The number of aliphatic carboxylic acids is 1. The number of carboxylic acids is 1. The summed E-state index contributed by atoms with van der Waals surface area (Å²) in [7, 11) is 1.64. The molecular formula is C18H24O3. The summed E-state index contributed by atoms with van der Waals surface area (Å²) in [6.07, 6.45) is 10.4. The summed E-state index contributed by atoms with van der Waals surface area (Å²) < 4.78 is 5.16. The molecule has 0 spiro atoms. The van der Waals surface area contributed by atoms with Crippen molar-refractivity contribution in [2.75, 3.05) is 7.11 Å². The zero-order valence-electron chi connectivity index (χ0n) is 12.8. The number of carboxylic acid groups (broad SMARTS) is 1. The van der Waals surface area contributed by atoms with Crippen LogP contribution in [-0.4, -0.2) is 18.2 Å². The molecule has 0 heterocycles. The number of unbranched alkanes of at least 4 members (excludes halogenated alkanes) is 3. The SMILES string of the molecule is CCCCCC/C(=C\C=C\C(=O)O)c1ccc(OC)cc1. The van der Waals surface area contributed by atoms with Crippen LogP contribution in [0.1, 0.15) is 44.6 Å². The highest BCUT2D eigenvalue weighted by atomic mass is 16.5. The maximum atomic E-state index is 10.6. The van der Waals surface area contributed by atoms with Crippen molar-refractivity contribution in [3.05, 3.63) is 48.1 Å². The number of methoxy groups -OCH3 is 1. The van der Waals surface area contributed by atoms with Crippen LogP contribution in [-0.2, 0) is 4.79 Å². The van der Waals surface area contributed by atoms with E-state index < -0.39 is 5.97 Å². The average molecular weight is 288 g/mol. The zero-order valence-corrected chi connectivity index (χ0v) is 12.8. The average Bonchev–Trinajstić information content (AvgIpc) is 2.49. The maximum absolute atomic E-state index is 10.6. The Bertz CT molecular complexity index is 484. The minimum Gasteiger partial charge on any atom is -0.497 e. The molecule has 0 unspecified atom stereocenters. The molecule has 1 N–H and O–H groups in total. The summed E-state index contributed by atoms with van der Waals surface area (Å²) >= 11 is 0. The van der Waals surface area contributed by atoms with Crippen molar-refractivity contribution in [3.63, 3.8) is 0 Å². The third kappa shape index (κ3) is 6.80. The van der Waals surface area contributed by atoms with E-state index in [4.69, 9.17) is 9.84 Å². The summed E-state index contributed by atoms with van der Waals surface area (Å²) in [5.74, 6) is -0.100. The van der Waals surface area contributed by atoms with Crippen molar-refractivity contribution in [1.82, 2.24) is 0 Å². The first kappa shape index (κ1) is 17.0. The predicted octanol–water partition coefficient (Wildman–Crippen LogP) is 4.69. The van der Waals surface area contributed by atoms with Crippen LogP contribution in [0.2, 0.25) is 0 Å². The van der Waals surface area contributed by atoms with E-state index in [9.17, 15) is 4.79 Å². The van der Waals surface area contributed by atoms with E-state index in [1.54, 1.807) is 13.2 Å². The van der Waals surface area contributed by atoms with Gasteiger partial charge in [-0.25, -0.2) is 4.79 Å². The van der Waals surface area contributed by atoms with Gasteiger partial charge in [0.1, 0.15) is 5.75 Å². The molecular weight excluding hydrogens is 264 g/mol. The fourth-order valence-corrected chi connectivity index (χ4v) is 2.12. The van der Waals surface area contributed by atoms with E-state index in [-0.39, 0.29) is 0 Å². The Morgan fingerprint density at radius 3 is 2.48 bits per heavy atom. The molecule has 0 aliphatic rings. The second-order valence-corrected chi connectivity index (χ2v) is 4.93. The molecule has 0 fully saturated rings. The molecule has 0 aliphatic heterocycles. The Morgan fingerprint density at radius 1 is 1.19 bits per heavy atom. The monoisotopic (exact) mass is 288 g/mol. The molecule has 0 saturated carbocycles. The van der Waals surface area contributed by atoms with Crippen LogP contribution >= 0.6 is 0 Å². The second-order valence-electron chi connectivity index (χ2n) is 4.93. The lowest BCUT2D eigenvalue weighted by atomic mass is 9.98. The summed E-state index contributed by atoms with van der Waals surface area (Å²) in [6.45, 7) is 2.19. The van der Waals surface area contributed by atoms with Crippen molar-refractivity contribution in [1.29, 1.82) is 0 Å². The third-order valence-electron chi connectivity index (χ3n) is 3.30. The lowest BCUT2D eigenvalue weighted by molar-refractivity contribution is -0.131. The fraction of sp³-hybridized carbons (Fsp3) is 0.389. The molecule has 3 nitrogen and oxygen atoms in total. The first-order valence-electron chi connectivity index (χ1n) is 7.42. The van der Waals surface area contributed by atoms with Gasteiger partial charge in [0.2, 0.25) is 0 Å². The normalized spacial score (nSPS) is 11.8. The number of carbonyl (C=O) groups is 1. The van der Waals surface area contributed by atoms with Crippen LogP contribution in [0.3, 0.4) is 0 Å². The van der Waals surface area contributed by atoms with Crippen LogP contribution in [0.5, 0.6) is 5.75 Å². The minimum atomic E-state index is -0.925. The van der Waals surface area contributed by atoms with Gasteiger partial charge in [-0.15, -0.1) is 0 Å². The molecule has 0 saturated heterocycles. The van der Waals surface area contributed by atoms with Crippen LogP contribution in [0, 0.1) is 0 Å². The van der Waals surface area contributed by atoms with E-state index in [2.05, 4.69) is 6.92 Å². The standard InChI is InChI=1S/C18H24O3/c1-3-4-5-6-8-15(9-7-10-18(19)20)16-11-13-17(21-2)14-12-16/h7,9-14H,3-6,8H2,1-2H3,(H,19,20)/b10-7+,15-9+. The van der Waals surface area contributed by atoms with Crippen LogP contribution in [0.25, 0.3) is 5.57 Å². The molecule has 0 atom stereocenters. The Kier molecular flexibility index (Phi) is 7.95. The van der Waals surface area contributed by atoms with E-state index in [1.165, 1.54) is 19.3 Å². The maximum Gasteiger partial charge on any atom is 0.328 e. The lowest BCUT2D eigenvalue weighted by Crippen LogP contribution is -1.89. The molecule has 1 aromatic carbocycles. The Hall–Kier alpha value is -2.03. The quantitative estimate of drug-likeness (QED) is 0.407. The van der Waals surface area contributed by atoms with Gasteiger partial charge in [-0.1, -0.05) is 50.5 Å². The molecule has 114 valence electrons. The van der Waals surface area contributed by atoms with Gasteiger partial charge < -0.3 is 9.84 Å². The highest BCUT2D eigenvalue weighted by Crippen LogP contribution is 2.24. The van der Waals surface area contributed by atoms with Gasteiger partial charge in [-0.05, 0) is 36.1 Å². The van der Waals surface area contributed by atoms with Gasteiger partial charge in [0, 0.05) is 6.08 Å². The smallest absolute Gasteiger partial charge is 0.328 e. The van der Waals surface area contributed by atoms with Crippen molar-refractivity contribution in [2.24, 2.45) is 0 Å². The first-order chi connectivity index (χ1) is 10.2. The molecule has 21 heavy (non-hydrogen) atoms. The minimum absolute atomic E-state index is 0.824. The molecule has 1 rings (SSSR count). The molecule has 0 aromatic heterocycles. The summed E-state index contributed by atoms with van der Waals surface area (Å²) in [5, 5.41) is 8.68. The molecule has 0 bridgehead atoms. The van der Waals surface area contributed by atoms with Crippen LogP contribution < -0.4 is 4.74 Å². The van der Waals surface area contributed by atoms with Crippen LogP contribution in [0.4, 0.5) is 0 Å². The van der Waals surface area contributed by atoms with E-state index in [0.29, 0.717) is 0 Å². The predicted molar refractivity (Wildman–Crippen MR) is 86.5 cm³/mol. The van der Waals surface area contributed by atoms with Gasteiger partial charge in [-0.3, -0.25) is 0 Å². The first-order valence-corrected chi connectivity index (χ1v) is 7.42. The van der Waals surface area contributed by atoms with Gasteiger partial charge >= 0.3 is 5.97 Å².